The van der Waals surface area contributed by atoms with E-state index in [4.69, 9.17) is 28.4 Å². The molecule has 1 aliphatic heterocycles. The van der Waals surface area contributed by atoms with Gasteiger partial charge in [-0.1, -0.05) is 51.9 Å². The number of carbonyl (C=O) groups excluding carboxylic acids is 4. The van der Waals surface area contributed by atoms with Gasteiger partial charge >= 0.3 is 23.9 Å². The Balaban J connectivity index is 2.89. The first-order valence-corrected chi connectivity index (χ1v) is 12.1. The van der Waals surface area contributed by atoms with Gasteiger partial charge in [0.2, 0.25) is 0 Å². The Morgan fingerprint density at radius 1 is 0.647 bits per heavy atom. The van der Waals surface area contributed by atoms with Crippen LogP contribution in [0.2, 0.25) is 0 Å². The van der Waals surface area contributed by atoms with Gasteiger partial charge in [0.25, 0.3) is 0 Å². The van der Waals surface area contributed by atoms with Crippen molar-refractivity contribution in [2.24, 2.45) is 0 Å². The molecule has 0 bridgehead atoms. The van der Waals surface area contributed by atoms with E-state index in [1.54, 1.807) is 0 Å². The Kier molecular flexibility index (Phi) is 14.4. The zero-order valence-electron chi connectivity index (χ0n) is 21.0. The zero-order valence-corrected chi connectivity index (χ0v) is 21.0. The lowest BCUT2D eigenvalue weighted by molar-refractivity contribution is -0.308. The zero-order chi connectivity index (χ0) is 25.5. The van der Waals surface area contributed by atoms with Crippen molar-refractivity contribution in [1.29, 1.82) is 0 Å². The predicted molar refractivity (Wildman–Crippen MR) is 121 cm³/mol. The average molecular weight is 489 g/mol. The number of ether oxygens (including phenoxy) is 6. The summed E-state index contributed by atoms with van der Waals surface area (Å²) < 4.78 is 32.9. The molecule has 1 fully saturated rings. The quantitative estimate of drug-likeness (QED) is 0.193. The first-order valence-electron chi connectivity index (χ1n) is 12.1. The van der Waals surface area contributed by atoms with Crippen molar-refractivity contribution in [3.05, 3.63) is 0 Å². The lowest BCUT2D eigenvalue weighted by Crippen LogP contribution is -2.63. The van der Waals surface area contributed by atoms with E-state index in [1.165, 1.54) is 59.8 Å². The van der Waals surface area contributed by atoms with Crippen molar-refractivity contribution in [3.8, 4) is 0 Å². The van der Waals surface area contributed by atoms with Crippen molar-refractivity contribution in [3.63, 3.8) is 0 Å². The lowest BCUT2D eigenvalue weighted by atomic mass is 9.98. The second-order valence-corrected chi connectivity index (χ2v) is 8.41. The van der Waals surface area contributed by atoms with Crippen LogP contribution in [0.4, 0.5) is 0 Å². The highest BCUT2D eigenvalue weighted by atomic mass is 16.7. The topological polar surface area (TPSA) is 124 Å². The van der Waals surface area contributed by atoms with Gasteiger partial charge in [0, 0.05) is 34.3 Å². The molecular weight excluding hydrogens is 448 g/mol. The summed E-state index contributed by atoms with van der Waals surface area (Å²) in [4.78, 5) is 46.7. The van der Waals surface area contributed by atoms with Crippen LogP contribution in [0.5, 0.6) is 0 Å². The highest BCUT2D eigenvalue weighted by Gasteiger charge is 2.52. The van der Waals surface area contributed by atoms with Crippen LogP contribution in [0.15, 0.2) is 0 Å². The first kappa shape index (κ1) is 29.8. The standard InChI is InChI=1S/C24H40O10/c1-6-7-8-9-10-11-12-13-14-29-24-23(33-19(5)28)22(32-18(4)27)21(31-17(3)26)20(34-24)15-30-16(2)25/h20-24H,6-15H2,1-5H3. The molecule has 0 aromatic heterocycles. The van der Waals surface area contributed by atoms with Crippen molar-refractivity contribution in [2.45, 2.75) is 117 Å². The number of unbranched alkanes of at least 4 members (excludes halogenated alkanes) is 7. The Morgan fingerprint density at radius 2 is 1.15 bits per heavy atom. The van der Waals surface area contributed by atoms with Gasteiger partial charge in [0.05, 0.1) is 0 Å². The fourth-order valence-corrected chi connectivity index (χ4v) is 3.76. The van der Waals surface area contributed by atoms with Gasteiger partial charge < -0.3 is 28.4 Å². The monoisotopic (exact) mass is 488 g/mol. The van der Waals surface area contributed by atoms with Crippen molar-refractivity contribution < 1.29 is 47.6 Å². The molecule has 0 N–H and O–H groups in total. The van der Waals surface area contributed by atoms with Crippen molar-refractivity contribution >= 4 is 23.9 Å². The molecule has 0 spiro atoms. The molecule has 5 unspecified atom stereocenters. The molecule has 0 aromatic rings. The molecule has 1 rings (SSSR count). The Morgan fingerprint density at radius 3 is 1.68 bits per heavy atom. The van der Waals surface area contributed by atoms with E-state index >= 15 is 0 Å². The van der Waals surface area contributed by atoms with Crippen molar-refractivity contribution in [2.75, 3.05) is 13.2 Å². The number of esters is 4. The largest absolute Gasteiger partial charge is 0.463 e. The van der Waals surface area contributed by atoms with E-state index in [0.717, 1.165) is 19.3 Å². The molecule has 1 aliphatic rings. The van der Waals surface area contributed by atoms with Crippen LogP contribution in [0.25, 0.3) is 0 Å². The molecular formula is C24H40O10. The fourth-order valence-electron chi connectivity index (χ4n) is 3.76. The molecule has 196 valence electrons. The normalized spacial score (nSPS) is 24.2. The lowest BCUT2D eigenvalue weighted by Gasteiger charge is -2.44. The minimum Gasteiger partial charge on any atom is -0.463 e. The SMILES string of the molecule is CCCCCCCCCCOC1OC(COC(C)=O)C(OC(C)=O)C(OC(C)=O)C1OC(C)=O. The summed E-state index contributed by atoms with van der Waals surface area (Å²) in [6.07, 6.45) is 3.27. The van der Waals surface area contributed by atoms with Crippen LogP contribution < -0.4 is 0 Å². The second-order valence-electron chi connectivity index (χ2n) is 8.41. The van der Waals surface area contributed by atoms with Crippen LogP contribution in [0, 0.1) is 0 Å². The minimum atomic E-state index is -1.21. The van der Waals surface area contributed by atoms with Gasteiger partial charge in [-0.3, -0.25) is 19.2 Å². The third kappa shape index (κ3) is 11.8. The van der Waals surface area contributed by atoms with E-state index in [2.05, 4.69) is 6.92 Å². The third-order valence-electron chi connectivity index (χ3n) is 5.23. The first-order chi connectivity index (χ1) is 16.1. The third-order valence-corrected chi connectivity index (χ3v) is 5.23. The molecule has 34 heavy (non-hydrogen) atoms. The van der Waals surface area contributed by atoms with E-state index < -0.39 is 54.6 Å². The molecule has 0 radical (unpaired) electrons. The maximum Gasteiger partial charge on any atom is 0.303 e. The molecule has 0 amide bonds. The summed E-state index contributed by atoms with van der Waals surface area (Å²) in [5, 5.41) is 0. The van der Waals surface area contributed by atoms with Gasteiger partial charge in [0.1, 0.15) is 12.7 Å². The van der Waals surface area contributed by atoms with E-state index in [0.29, 0.717) is 6.61 Å². The maximum absolute atomic E-state index is 11.8. The van der Waals surface area contributed by atoms with Gasteiger partial charge in [-0.2, -0.15) is 0 Å². The van der Waals surface area contributed by atoms with Gasteiger partial charge in [0.15, 0.2) is 24.6 Å². The summed E-state index contributed by atoms with van der Waals surface area (Å²) in [5.41, 5.74) is 0. The molecule has 5 atom stereocenters. The van der Waals surface area contributed by atoms with Crippen LogP contribution in [0.1, 0.15) is 86.0 Å². The van der Waals surface area contributed by atoms with Crippen LogP contribution in [-0.2, 0) is 47.6 Å². The van der Waals surface area contributed by atoms with Crippen molar-refractivity contribution in [1.82, 2.24) is 0 Å². The molecule has 0 aliphatic carbocycles. The maximum atomic E-state index is 11.8. The summed E-state index contributed by atoms with van der Waals surface area (Å²) in [7, 11) is 0. The van der Waals surface area contributed by atoms with Gasteiger partial charge in [-0.25, -0.2) is 0 Å². The molecule has 0 saturated carbocycles. The minimum absolute atomic E-state index is 0.268. The number of carbonyl (C=O) groups is 4. The molecule has 1 saturated heterocycles. The Hall–Kier alpha value is -2.20. The smallest absolute Gasteiger partial charge is 0.303 e. The summed E-state index contributed by atoms with van der Waals surface area (Å²) in [6, 6.07) is 0. The predicted octanol–water partition coefficient (Wildman–Crippen LogP) is 3.23. The fraction of sp³-hybridized carbons (Fsp3) is 0.833. The number of rotatable bonds is 15. The van der Waals surface area contributed by atoms with Crippen LogP contribution in [-0.4, -0.2) is 67.8 Å². The van der Waals surface area contributed by atoms with Crippen LogP contribution >= 0.6 is 0 Å². The Bertz CT molecular complexity index is 650. The molecule has 10 heteroatoms. The number of hydrogen-bond donors (Lipinski definition) is 0. The average Bonchev–Trinajstić information content (AvgIpc) is 2.74. The summed E-state index contributed by atoms with van der Waals surface area (Å²) >= 11 is 0. The summed E-state index contributed by atoms with van der Waals surface area (Å²) in [5.74, 6) is -2.55. The summed E-state index contributed by atoms with van der Waals surface area (Å²) in [6.45, 7) is 7.03. The van der Waals surface area contributed by atoms with Gasteiger partial charge in [-0.15, -0.1) is 0 Å². The Labute approximate surface area is 201 Å². The van der Waals surface area contributed by atoms with Gasteiger partial charge in [-0.05, 0) is 6.42 Å². The molecule has 10 nitrogen and oxygen atoms in total. The van der Waals surface area contributed by atoms with E-state index in [1.807, 2.05) is 0 Å². The number of hydrogen-bond acceptors (Lipinski definition) is 10. The highest BCUT2D eigenvalue weighted by Crippen LogP contribution is 2.30. The van der Waals surface area contributed by atoms with E-state index in [-0.39, 0.29) is 6.61 Å². The molecule has 0 aromatic carbocycles. The van der Waals surface area contributed by atoms with E-state index in [9.17, 15) is 19.2 Å². The molecule has 1 heterocycles. The second kappa shape index (κ2) is 16.4. The van der Waals surface area contributed by atoms with Crippen LogP contribution in [0.3, 0.4) is 0 Å². The highest BCUT2D eigenvalue weighted by molar-refractivity contribution is 5.68.